The molecule has 7 nitrogen and oxygen atoms in total. The second-order valence-corrected chi connectivity index (χ2v) is 9.79. The molecule has 184 valence electrons. The van der Waals surface area contributed by atoms with Crippen LogP contribution in [0.3, 0.4) is 0 Å². The molecule has 0 saturated carbocycles. The molecule has 0 unspecified atom stereocenters. The molecule has 4 rings (SSSR count). The fraction of sp³-hybridized carbons (Fsp3) is 0.240. The number of benzene rings is 3. The van der Waals surface area contributed by atoms with Gasteiger partial charge in [-0.05, 0) is 73.9 Å². The summed E-state index contributed by atoms with van der Waals surface area (Å²) in [5, 5.41) is 2.51. The van der Waals surface area contributed by atoms with Crippen molar-refractivity contribution in [2.45, 2.75) is 24.2 Å². The van der Waals surface area contributed by atoms with Crippen molar-refractivity contribution in [3.05, 3.63) is 77.9 Å². The Hall–Kier alpha value is -3.66. The topological polar surface area (TPSA) is 87.7 Å². The lowest BCUT2D eigenvalue weighted by atomic mass is 10.1. The Bertz CT molecular complexity index is 1330. The van der Waals surface area contributed by atoms with Gasteiger partial charge in [-0.15, -0.1) is 0 Å². The SMILES string of the molecule is COc1ccc(NS(=O)(=O)c2cc(NC(=O)c3ccc(F)cc3F)ccc2N2CCCCC2)cc1. The number of methoxy groups -OCH3 is 1. The molecular weight excluding hydrogens is 476 g/mol. The van der Waals surface area contributed by atoms with Crippen LogP contribution in [-0.2, 0) is 10.0 Å². The minimum Gasteiger partial charge on any atom is -0.497 e. The van der Waals surface area contributed by atoms with Gasteiger partial charge in [0.25, 0.3) is 15.9 Å². The van der Waals surface area contributed by atoms with Crippen LogP contribution in [0.2, 0.25) is 0 Å². The molecule has 1 saturated heterocycles. The zero-order valence-corrected chi connectivity index (χ0v) is 19.9. The van der Waals surface area contributed by atoms with Gasteiger partial charge in [0.15, 0.2) is 0 Å². The Morgan fingerprint density at radius 2 is 1.60 bits per heavy atom. The first-order valence-electron chi connectivity index (χ1n) is 11.1. The molecule has 0 aliphatic carbocycles. The van der Waals surface area contributed by atoms with Crippen LogP contribution in [0.15, 0.2) is 65.6 Å². The summed E-state index contributed by atoms with van der Waals surface area (Å²) in [7, 11) is -2.54. The maximum Gasteiger partial charge on any atom is 0.264 e. The van der Waals surface area contributed by atoms with Crippen molar-refractivity contribution in [2.24, 2.45) is 0 Å². The average Bonchev–Trinajstić information content (AvgIpc) is 2.84. The number of rotatable bonds is 7. The fourth-order valence-electron chi connectivity index (χ4n) is 3.94. The predicted molar refractivity (Wildman–Crippen MR) is 131 cm³/mol. The van der Waals surface area contributed by atoms with Crippen LogP contribution in [0.25, 0.3) is 0 Å². The quantitative estimate of drug-likeness (QED) is 0.475. The van der Waals surface area contributed by atoms with Gasteiger partial charge in [-0.25, -0.2) is 17.2 Å². The lowest BCUT2D eigenvalue weighted by Crippen LogP contribution is -2.31. The first kappa shape index (κ1) is 24.5. The molecule has 3 aromatic rings. The number of carbonyl (C=O) groups excluding carboxylic acids is 1. The third kappa shape index (κ3) is 5.71. The minimum absolute atomic E-state index is 0.0207. The summed E-state index contributed by atoms with van der Waals surface area (Å²) < 4.78 is 61.8. The summed E-state index contributed by atoms with van der Waals surface area (Å²) in [4.78, 5) is 14.6. The Kier molecular flexibility index (Phi) is 7.20. The molecule has 1 fully saturated rings. The molecule has 1 heterocycles. The van der Waals surface area contributed by atoms with Gasteiger partial charge in [0.05, 0.1) is 18.4 Å². The number of carbonyl (C=O) groups is 1. The summed E-state index contributed by atoms with van der Waals surface area (Å²) in [6.45, 7) is 1.41. The van der Waals surface area contributed by atoms with E-state index in [9.17, 15) is 22.0 Å². The molecule has 1 aliphatic heterocycles. The number of halogens is 2. The zero-order valence-electron chi connectivity index (χ0n) is 19.1. The molecule has 0 aromatic heterocycles. The standard InChI is InChI=1S/C25H25F2N3O4S/c1-34-20-9-6-18(7-10-20)29-35(32,33)24-16-19(8-12-23(24)30-13-3-2-4-14-30)28-25(31)21-11-5-17(26)15-22(21)27/h5-12,15-16,29H,2-4,13-14H2,1H3,(H,28,31). The molecular formula is C25H25F2N3O4S. The highest BCUT2D eigenvalue weighted by atomic mass is 32.2. The number of anilines is 3. The second kappa shape index (κ2) is 10.3. The van der Waals surface area contributed by atoms with Crippen LogP contribution in [0, 0.1) is 11.6 Å². The number of piperidine rings is 1. The Morgan fingerprint density at radius 3 is 2.26 bits per heavy atom. The highest BCUT2D eigenvalue weighted by Crippen LogP contribution is 2.32. The average molecular weight is 502 g/mol. The number of ether oxygens (including phenoxy) is 1. The Morgan fingerprint density at radius 1 is 0.914 bits per heavy atom. The number of nitrogens with zero attached hydrogens (tertiary/aromatic N) is 1. The third-order valence-electron chi connectivity index (χ3n) is 5.72. The Labute approximate surface area is 202 Å². The smallest absolute Gasteiger partial charge is 0.264 e. The second-order valence-electron chi connectivity index (χ2n) is 8.14. The molecule has 0 radical (unpaired) electrons. The first-order chi connectivity index (χ1) is 16.8. The Balaban J connectivity index is 1.67. The maximum atomic E-state index is 14.1. The number of sulfonamides is 1. The maximum absolute atomic E-state index is 14.1. The van der Waals surface area contributed by atoms with Crippen LogP contribution >= 0.6 is 0 Å². The van der Waals surface area contributed by atoms with Gasteiger partial charge in [-0.3, -0.25) is 9.52 Å². The van der Waals surface area contributed by atoms with Crippen LogP contribution in [-0.4, -0.2) is 34.5 Å². The van der Waals surface area contributed by atoms with E-state index in [4.69, 9.17) is 4.74 Å². The van der Waals surface area contributed by atoms with E-state index in [2.05, 4.69) is 10.0 Å². The predicted octanol–water partition coefficient (Wildman–Crippen LogP) is 5.02. The van der Waals surface area contributed by atoms with Gasteiger partial charge in [0.1, 0.15) is 22.3 Å². The molecule has 10 heteroatoms. The van der Waals surface area contributed by atoms with Gasteiger partial charge in [0.2, 0.25) is 0 Å². The summed E-state index contributed by atoms with van der Waals surface area (Å²) in [6.07, 6.45) is 2.95. The highest BCUT2D eigenvalue weighted by Gasteiger charge is 2.25. The lowest BCUT2D eigenvalue weighted by molar-refractivity contribution is 0.102. The normalized spacial score (nSPS) is 13.9. The molecule has 1 amide bonds. The van der Waals surface area contributed by atoms with Gasteiger partial charge in [0, 0.05) is 30.5 Å². The number of nitrogens with one attached hydrogen (secondary N) is 2. The van der Waals surface area contributed by atoms with Gasteiger partial charge in [-0.2, -0.15) is 0 Å². The van der Waals surface area contributed by atoms with E-state index < -0.39 is 27.6 Å². The zero-order chi connectivity index (χ0) is 25.0. The molecule has 0 atom stereocenters. The number of hydrogen-bond acceptors (Lipinski definition) is 5. The van der Waals surface area contributed by atoms with E-state index in [-0.39, 0.29) is 16.1 Å². The number of amides is 1. The molecule has 0 bridgehead atoms. The summed E-state index contributed by atoms with van der Waals surface area (Å²) in [6, 6.07) is 13.6. The lowest BCUT2D eigenvalue weighted by Gasteiger charge is -2.30. The van der Waals surface area contributed by atoms with E-state index in [1.165, 1.54) is 13.2 Å². The molecule has 2 N–H and O–H groups in total. The van der Waals surface area contributed by atoms with Crippen molar-refractivity contribution in [2.75, 3.05) is 35.1 Å². The van der Waals surface area contributed by atoms with Crippen molar-refractivity contribution in [1.29, 1.82) is 0 Å². The van der Waals surface area contributed by atoms with Crippen molar-refractivity contribution in [1.82, 2.24) is 0 Å². The summed E-state index contributed by atoms with van der Waals surface area (Å²) in [5.74, 6) is -2.05. The van der Waals surface area contributed by atoms with Crippen molar-refractivity contribution in [3.8, 4) is 5.75 Å². The number of hydrogen-bond donors (Lipinski definition) is 2. The van der Waals surface area contributed by atoms with Crippen LogP contribution in [0.1, 0.15) is 29.6 Å². The summed E-state index contributed by atoms with van der Waals surface area (Å²) in [5.41, 5.74) is 0.664. The molecule has 0 spiro atoms. The van der Waals surface area contributed by atoms with E-state index in [0.29, 0.717) is 36.3 Å². The van der Waals surface area contributed by atoms with Gasteiger partial charge >= 0.3 is 0 Å². The first-order valence-corrected chi connectivity index (χ1v) is 12.6. The van der Waals surface area contributed by atoms with E-state index in [0.717, 1.165) is 31.4 Å². The van der Waals surface area contributed by atoms with Crippen LogP contribution < -0.4 is 19.7 Å². The molecule has 1 aliphatic rings. The van der Waals surface area contributed by atoms with Crippen molar-refractivity contribution in [3.63, 3.8) is 0 Å². The van der Waals surface area contributed by atoms with E-state index in [1.54, 1.807) is 36.4 Å². The van der Waals surface area contributed by atoms with Crippen LogP contribution in [0.5, 0.6) is 5.75 Å². The largest absolute Gasteiger partial charge is 0.497 e. The van der Waals surface area contributed by atoms with Crippen LogP contribution in [0.4, 0.5) is 25.8 Å². The fourth-order valence-corrected chi connectivity index (χ4v) is 5.26. The minimum atomic E-state index is -4.06. The monoisotopic (exact) mass is 501 g/mol. The highest BCUT2D eigenvalue weighted by molar-refractivity contribution is 7.92. The van der Waals surface area contributed by atoms with Crippen molar-refractivity contribution >= 4 is 33.0 Å². The molecule has 35 heavy (non-hydrogen) atoms. The van der Waals surface area contributed by atoms with E-state index in [1.807, 2.05) is 4.90 Å². The van der Waals surface area contributed by atoms with Gasteiger partial charge in [-0.1, -0.05) is 0 Å². The van der Waals surface area contributed by atoms with Gasteiger partial charge < -0.3 is 15.0 Å². The molecule has 3 aromatic carbocycles. The van der Waals surface area contributed by atoms with Crippen molar-refractivity contribution < 1.29 is 26.7 Å². The third-order valence-corrected chi connectivity index (χ3v) is 7.13. The summed E-state index contributed by atoms with van der Waals surface area (Å²) >= 11 is 0. The van der Waals surface area contributed by atoms with E-state index >= 15 is 0 Å².